The molecule has 3 heterocycles. The van der Waals surface area contributed by atoms with Crippen molar-refractivity contribution < 1.29 is 10.2 Å². The van der Waals surface area contributed by atoms with Crippen LogP contribution in [0.4, 0.5) is 17.3 Å². The summed E-state index contributed by atoms with van der Waals surface area (Å²) in [5.74, 6) is 1.44. The van der Waals surface area contributed by atoms with Crippen LogP contribution >= 0.6 is 0 Å². The summed E-state index contributed by atoms with van der Waals surface area (Å²) in [7, 11) is 3.79. The van der Waals surface area contributed by atoms with E-state index in [-0.39, 0.29) is 12.6 Å². The zero-order valence-electron chi connectivity index (χ0n) is 12.8. The third-order valence-electron chi connectivity index (χ3n) is 3.99. The highest BCUT2D eigenvalue weighted by atomic mass is 16.3. The lowest BCUT2D eigenvalue weighted by atomic mass is 10.2. The number of hydrogen-bond acceptors (Lipinski definition) is 7. The molecule has 4 N–H and O–H groups in total. The molecule has 2 aromatic heterocycles. The molecule has 2 atom stereocenters. The maximum Gasteiger partial charge on any atom is 0.152 e. The van der Waals surface area contributed by atoms with E-state index in [2.05, 4.69) is 9.97 Å². The highest BCUT2D eigenvalue weighted by Gasteiger charge is 2.31. The van der Waals surface area contributed by atoms with Crippen molar-refractivity contribution in [1.82, 2.24) is 9.97 Å². The third-order valence-corrected chi connectivity index (χ3v) is 3.99. The van der Waals surface area contributed by atoms with Crippen molar-refractivity contribution in [1.29, 1.82) is 0 Å². The molecular weight excluding hydrogens is 282 g/mol. The Hall–Kier alpha value is -2.12. The first-order chi connectivity index (χ1) is 10.5. The number of aliphatic hydroxyl groups is 2. The van der Waals surface area contributed by atoms with Gasteiger partial charge in [-0.05, 0) is 24.6 Å². The SMILES string of the molecule is CN(C)c1nc2ccc(N3CC(O)CC3CO)nc2cc1N. The van der Waals surface area contributed by atoms with Crippen LogP contribution in [0.2, 0.25) is 0 Å². The molecule has 22 heavy (non-hydrogen) atoms. The van der Waals surface area contributed by atoms with E-state index in [9.17, 15) is 10.2 Å². The first kappa shape index (κ1) is 14.8. The molecule has 2 aromatic rings. The summed E-state index contributed by atoms with van der Waals surface area (Å²) < 4.78 is 0. The third kappa shape index (κ3) is 2.53. The molecule has 7 heteroatoms. The summed E-state index contributed by atoms with van der Waals surface area (Å²) in [6, 6.07) is 5.46. The maximum atomic E-state index is 9.80. The Bertz CT molecular complexity index is 691. The second-order valence-corrected chi connectivity index (χ2v) is 5.88. The molecule has 3 rings (SSSR count). The highest BCUT2D eigenvalue weighted by molar-refractivity contribution is 5.84. The molecule has 0 amide bonds. The lowest BCUT2D eigenvalue weighted by Gasteiger charge is -2.24. The molecular formula is C15H21N5O2. The molecule has 1 saturated heterocycles. The van der Waals surface area contributed by atoms with Crippen LogP contribution < -0.4 is 15.5 Å². The highest BCUT2D eigenvalue weighted by Crippen LogP contribution is 2.28. The Morgan fingerprint density at radius 3 is 2.77 bits per heavy atom. The standard InChI is InChI=1S/C15H21N5O2/c1-19(2)15-11(16)6-13-12(18-15)3-4-14(17-13)20-7-10(22)5-9(20)8-21/h3-4,6,9-10,21-22H,5,7-8,16H2,1-2H3. The number of nitrogens with two attached hydrogens (primary N) is 1. The number of nitrogen functional groups attached to an aromatic ring is 1. The van der Waals surface area contributed by atoms with Crippen LogP contribution in [-0.2, 0) is 0 Å². The van der Waals surface area contributed by atoms with Gasteiger partial charge in [0.25, 0.3) is 0 Å². The fourth-order valence-corrected chi connectivity index (χ4v) is 2.91. The van der Waals surface area contributed by atoms with E-state index < -0.39 is 6.10 Å². The Morgan fingerprint density at radius 2 is 2.09 bits per heavy atom. The number of anilines is 3. The molecule has 0 aromatic carbocycles. The quantitative estimate of drug-likeness (QED) is 0.745. The van der Waals surface area contributed by atoms with E-state index in [0.717, 1.165) is 11.3 Å². The molecule has 7 nitrogen and oxygen atoms in total. The number of rotatable bonds is 3. The van der Waals surface area contributed by atoms with Gasteiger partial charge in [0.05, 0.1) is 35.5 Å². The zero-order valence-corrected chi connectivity index (χ0v) is 12.8. The summed E-state index contributed by atoms with van der Waals surface area (Å²) in [6.45, 7) is 0.471. The molecule has 1 fully saturated rings. The van der Waals surface area contributed by atoms with Gasteiger partial charge >= 0.3 is 0 Å². The van der Waals surface area contributed by atoms with Crippen LogP contribution in [0, 0.1) is 0 Å². The van der Waals surface area contributed by atoms with Crippen LogP contribution in [-0.4, -0.2) is 59.6 Å². The van der Waals surface area contributed by atoms with Crippen molar-refractivity contribution in [3.63, 3.8) is 0 Å². The lowest BCUT2D eigenvalue weighted by molar-refractivity contribution is 0.184. The number of hydrogen-bond donors (Lipinski definition) is 3. The minimum Gasteiger partial charge on any atom is -0.396 e. The average molecular weight is 303 g/mol. The summed E-state index contributed by atoms with van der Waals surface area (Å²) in [4.78, 5) is 12.9. The first-order valence-electron chi connectivity index (χ1n) is 7.29. The molecule has 0 bridgehead atoms. The van der Waals surface area contributed by atoms with E-state index >= 15 is 0 Å². The second kappa shape index (κ2) is 5.58. The van der Waals surface area contributed by atoms with Gasteiger partial charge in [-0.25, -0.2) is 9.97 Å². The Morgan fingerprint density at radius 1 is 1.32 bits per heavy atom. The van der Waals surface area contributed by atoms with Gasteiger partial charge in [0, 0.05) is 20.6 Å². The zero-order chi connectivity index (χ0) is 15.9. The summed E-state index contributed by atoms with van der Waals surface area (Å²) in [5.41, 5.74) is 8.07. The molecule has 0 aliphatic carbocycles. The lowest BCUT2D eigenvalue weighted by Crippen LogP contribution is -2.33. The largest absolute Gasteiger partial charge is 0.396 e. The smallest absolute Gasteiger partial charge is 0.152 e. The first-order valence-corrected chi connectivity index (χ1v) is 7.29. The van der Waals surface area contributed by atoms with E-state index in [1.54, 1.807) is 0 Å². The number of nitrogens with zero attached hydrogens (tertiary/aromatic N) is 4. The predicted molar refractivity (Wildman–Crippen MR) is 87.1 cm³/mol. The monoisotopic (exact) mass is 303 g/mol. The van der Waals surface area contributed by atoms with Gasteiger partial charge in [-0.1, -0.05) is 0 Å². The maximum absolute atomic E-state index is 9.80. The minimum absolute atomic E-state index is 0.00324. The van der Waals surface area contributed by atoms with Crippen LogP contribution in [0.25, 0.3) is 11.0 Å². The number of pyridine rings is 2. The van der Waals surface area contributed by atoms with Crippen LogP contribution in [0.3, 0.4) is 0 Å². The molecule has 1 aliphatic rings. The summed E-state index contributed by atoms with van der Waals surface area (Å²) >= 11 is 0. The number of aliphatic hydroxyl groups excluding tert-OH is 2. The van der Waals surface area contributed by atoms with Crippen molar-refractivity contribution >= 4 is 28.4 Å². The van der Waals surface area contributed by atoms with Gasteiger partial charge in [0.1, 0.15) is 5.82 Å². The second-order valence-electron chi connectivity index (χ2n) is 5.88. The molecule has 2 unspecified atom stereocenters. The van der Waals surface area contributed by atoms with Gasteiger partial charge in [0.2, 0.25) is 0 Å². The van der Waals surface area contributed by atoms with Gasteiger partial charge in [-0.15, -0.1) is 0 Å². The minimum atomic E-state index is -0.436. The normalized spacial score (nSPS) is 21.5. The van der Waals surface area contributed by atoms with Crippen molar-refractivity contribution in [2.24, 2.45) is 0 Å². The van der Waals surface area contributed by atoms with E-state index in [4.69, 9.17) is 5.73 Å². The average Bonchev–Trinajstić information content (AvgIpc) is 2.86. The molecule has 0 saturated carbocycles. The molecule has 0 radical (unpaired) electrons. The van der Waals surface area contributed by atoms with Crippen molar-refractivity contribution in [2.45, 2.75) is 18.6 Å². The Kier molecular flexibility index (Phi) is 3.76. The Labute approximate surface area is 129 Å². The van der Waals surface area contributed by atoms with Gasteiger partial charge in [-0.3, -0.25) is 0 Å². The van der Waals surface area contributed by atoms with Crippen molar-refractivity contribution in [3.8, 4) is 0 Å². The van der Waals surface area contributed by atoms with E-state index in [1.807, 2.05) is 42.1 Å². The van der Waals surface area contributed by atoms with Crippen LogP contribution in [0.1, 0.15) is 6.42 Å². The van der Waals surface area contributed by atoms with Gasteiger partial charge in [-0.2, -0.15) is 0 Å². The number of fused-ring (bicyclic) bond motifs is 1. The number of β-amino-alcohol motifs (C(OH)–C–C–N with tert-alkyl or cyclic N) is 1. The van der Waals surface area contributed by atoms with Crippen LogP contribution in [0.15, 0.2) is 18.2 Å². The van der Waals surface area contributed by atoms with Crippen molar-refractivity contribution in [3.05, 3.63) is 18.2 Å². The number of aromatic nitrogens is 2. The predicted octanol–water partition coefficient (Wildman–Crippen LogP) is 0.210. The molecule has 1 aliphatic heterocycles. The topological polar surface area (TPSA) is 98.7 Å². The summed E-state index contributed by atoms with van der Waals surface area (Å²) in [5, 5.41) is 19.3. The molecule has 118 valence electrons. The van der Waals surface area contributed by atoms with Crippen molar-refractivity contribution in [2.75, 3.05) is 42.8 Å². The fourth-order valence-electron chi connectivity index (χ4n) is 2.91. The summed E-state index contributed by atoms with van der Waals surface area (Å²) in [6.07, 6.45) is 0.116. The van der Waals surface area contributed by atoms with E-state index in [0.29, 0.717) is 30.0 Å². The molecule has 0 spiro atoms. The van der Waals surface area contributed by atoms with Gasteiger partial charge in [0.15, 0.2) is 5.82 Å². The fraction of sp³-hybridized carbons (Fsp3) is 0.467. The van der Waals surface area contributed by atoms with Crippen LogP contribution in [0.5, 0.6) is 0 Å². The van der Waals surface area contributed by atoms with E-state index in [1.165, 1.54) is 0 Å². The Balaban J connectivity index is 2.01. The van der Waals surface area contributed by atoms with Gasteiger partial charge < -0.3 is 25.7 Å².